The van der Waals surface area contributed by atoms with Crippen molar-refractivity contribution in [3.05, 3.63) is 91.0 Å². The molecule has 1 saturated heterocycles. The summed E-state index contributed by atoms with van der Waals surface area (Å²) in [6, 6.07) is 21.5. The van der Waals surface area contributed by atoms with E-state index in [4.69, 9.17) is 4.98 Å². The van der Waals surface area contributed by atoms with Crippen molar-refractivity contribution in [2.75, 3.05) is 13.1 Å². The van der Waals surface area contributed by atoms with Crippen LogP contribution in [0, 0.1) is 0 Å². The molecule has 0 unspecified atom stereocenters. The van der Waals surface area contributed by atoms with Crippen LogP contribution >= 0.6 is 0 Å². The summed E-state index contributed by atoms with van der Waals surface area (Å²) in [5.41, 5.74) is 7.98. The van der Waals surface area contributed by atoms with Crippen LogP contribution in [0.25, 0.3) is 38.8 Å². The highest BCUT2D eigenvalue weighted by molar-refractivity contribution is 5.98. The van der Waals surface area contributed by atoms with E-state index in [1.165, 1.54) is 49.0 Å². The third kappa shape index (κ3) is 3.57. The normalized spacial score (nSPS) is 14.9. The molecule has 0 amide bonds. The van der Waals surface area contributed by atoms with Gasteiger partial charge in [-0.15, -0.1) is 0 Å². The zero-order valence-electron chi connectivity index (χ0n) is 18.1. The van der Waals surface area contributed by atoms with Crippen molar-refractivity contribution >= 4 is 16.6 Å². The van der Waals surface area contributed by atoms with Gasteiger partial charge in [0.2, 0.25) is 0 Å². The van der Waals surface area contributed by atoms with Gasteiger partial charge in [0.1, 0.15) is 5.65 Å². The lowest BCUT2D eigenvalue weighted by Gasteiger charge is -2.26. The summed E-state index contributed by atoms with van der Waals surface area (Å²) < 4.78 is 2.13. The number of pyridine rings is 1. The lowest BCUT2D eigenvalue weighted by atomic mass is 10.0. The van der Waals surface area contributed by atoms with Crippen LogP contribution in [0.15, 0.2) is 85.5 Å². The summed E-state index contributed by atoms with van der Waals surface area (Å²) in [6.07, 6.45) is 12.2. The third-order valence-corrected chi connectivity index (χ3v) is 6.57. The second-order valence-electron chi connectivity index (χ2n) is 8.71. The zero-order chi connectivity index (χ0) is 21.3. The smallest absolute Gasteiger partial charge is 0.144 e. The van der Waals surface area contributed by atoms with Crippen LogP contribution in [0.4, 0.5) is 0 Å². The zero-order valence-corrected chi connectivity index (χ0v) is 18.1. The van der Waals surface area contributed by atoms with E-state index in [1.807, 2.05) is 18.5 Å². The molecule has 3 aromatic heterocycles. The molecule has 2 aromatic carbocycles. The Bertz CT molecular complexity index is 1370. The Morgan fingerprint density at radius 1 is 0.750 bits per heavy atom. The highest BCUT2D eigenvalue weighted by Gasteiger charge is 2.12. The van der Waals surface area contributed by atoms with E-state index in [0.717, 1.165) is 34.2 Å². The van der Waals surface area contributed by atoms with Gasteiger partial charge in [-0.25, -0.2) is 4.98 Å². The van der Waals surface area contributed by atoms with Crippen LogP contribution in [-0.2, 0) is 6.54 Å². The number of aromatic nitrogens is 3. The fourth-order valence-corrected chi connectivity index (χ4v) is 4.86. The molecule has 0 spiro atoms. The van der Waals surface area contributed by atoms with E-state index in [1.54, 1.807) is 0 Å². The Morgan fingerprint density at radius 3 is 2.47 bits per heavy atom. The molecule has 1 fully saturated rings. The van der Waals surface area contributed by atoms with Crippen LogP contribution in [0.5, 0.6) is 0 Å². The van der Waals surface area contributed by atoms with Gasteiger partial charge in [0.15, 0.2) is 0 Å². The van der Waals surface area contributed by atoms with Crippen molar-refractivity contribution in [2.45, 2.75) is 25.8 Å². The van der Waals surface area contributed by atoms with Crippen LogP contribution in [0.1, 0.15) is 24.8 Å². The predicted octanol–water partition coefficient (Wildman–Crippen LogP) is 6.20. The van der Waals surface area contributed by atoms with E-state index in [2.05, 4.69) is 81.3 Å². The average molecular weight is 419 g/mol. The highest BCUT2D eigenvalue weighted by Crippen LogP contribution is 2.31. The predicted molar refractivity (Wildman–Crippen MR) is 130 cm³/mol. The lowest BCUT2D eigenvalue weighted by molar-refractivity contribution is 0.221. The molecular weight excluding hydrogens is 392 g/mol. The number of nitrogens with zero attached hydrogens (tertiary/aromatic N) is 4. The molecule has 1 aliphatic rings. The van der Waals surface area contributed by atoms with E-state index >= 15 is 0 Å². The van der Waals surface area contributed by atoms with Gasteiger partial charge in [0.05, 0.1) is 5.52 Å². The lowest BCUT2D eigenvalue weighted by Crippen LogP contribution is -2.28. The summed E-state index contributed by atoms with van der Waals surface area (Å²) in [4.78, 5) is 11.9. The molecule has 0 radical (unpaired) electrons. The summed E-state index contributed by atoms with van der Waals surface area (Å²) >= 11 is 0. The molecule has 0 saturated carbocycles. The SMILES string of the molecule is c1ccc2c(-c3ccn4cc(-c5ccc(CN6CCCCC6)cc5)cnc34)ccnc2c1. The fourth-order valence-electron chi connectivity index (χ4n) is 4.86. The van der Waals surface area contributed by atoms with Crippen molar-refractivity contribution in [2.24, 2.45) is 0 Å². The Kier molecular flexibility index (Phi) is 4.93. The van der Waals surface area contributed by atoms with Gasteiger partial charge in [0, 0.05) is 47.8 Å². The van der Waals surface area contributed by atoms with Crippen LogP contribution in [0.3, 0.4) is 0 Å². The maximum atomic E-state index is 4.85. The Morgan fingerprint density at radius 2 is 1.59 bits per heavy atom. The first-order valence-electron chi connectivity index (χ1n) is 11.5. The highest BCUT2D eigenvalue weighted by atomic mass is 15.1. The molecule has 1 aliphatic heterocycles. The summed E-state index contributed by atoms with van der Waals surface area (Å²) in [5.74, 6) is 0. The molecule has 0 atom stereocenters. The third-order valence-electron chi connectivity index (χ3n) is 6.57. The van der Waals surface area contributed by atoms with Gasteiger partial charge in [-0.2, -0.15) is 0 Å². The quantitative estimate of drug-likeness (QED) is 0.348. The standard InChI is InChI=1S/C28H26N4/c1-4-15-31(16-5-1)19-21-8-10-22(11-9-21)23-18-30-28-26(13-17-32(28)20-23)24-12-14-29-27-7-3-2-6-25(24)27/h2-3,6-14,17-18,20H,1,4-5,15-16,19H2. The minimum absolute atomic E-state index is 0.965. The molecule has 0 aliphatic carbocycles. The van der Waals surface area contributed by atoms with Crippen molar-refractivity contribution in [1.82, 2.24) is 19.3 Å². The minimum atomic E-state index is 0.965. The number of benzene rings is 2. The number of hydrogen-bond donors (Lipinski definition) is 0. The first kappa shape index (κ1) is 19.2. The van der Waals surface area contributed by atoms with Crippen LogP contribution in [-0.4, -0.2) is 32.4 Å². The second kappa shape index (κ2) is 8.21. The number of piperidine rings is 1. The maximum absolute atomic E-state index is 4.85. The van der Waals surface area contributed by atoms with E-state index in [9.17, 15) is 0 Å². The van der Waals surface area contributed by atoms with E-state index in [0.29, 0.717) is 0 Å². The summed E-state index contributed by atoms with van der Waals surface area (Å²) in [5, 5.41) is 1.15. The second-order valence-corrected chi connectivity index (χ2v) is 8.71. The summed E-state index contributed by atoms with van der Waals surface area (Å²) in [6.45, 7) is 3.51. The molecule has 4 heteroatoms. The Hall–Kier alpha value is -3.50. The number of likely N-dealkylation sites (tertiary alicyclic amines) is 1. The molecule has 4 nitrogen and oxygen atoms in total. The van der Waals surface area contributed by atoms with Crippen molar-refractivity contribution in [3.63, 3.8) is 0 Å². The number of rotatable bonds is 4. The van der Waals surface area contributed by atoms with Crippen molar-refractivity contribution < 1.29 is 0 Å². The minimum Gasteiger partial charge on any atom is -0.307 e. The van der Waals surface area contributed by atoms with Gasteiger partial charge < -0.3 is 4.40 Å². The van der Waals surface area contributed by atoms with Gasteiger partial charge in [-0.1, -0.05) is 48.9 Å². The maximum Gasteiger partial charge on any atom is 0.144 e. The first-order chi connectivity index (χ1) is 15.8. The van der Waals surface area contributed by atoms with Gasteiger partial charge >= 0.3 is 0 Å². The number of hydrogen-bond acceptors (Lipinski definition) is 3. The van der Waals surface area contributed by atoms with Crippen molar-refractivity contribution in [1.29, 1.82) is 0 Å². The van der Waals surface area contributed by atoms with Crippen LogP contribution in [0.2, 0.25) is 0 Å². The molecule has 158 valence electrons. The number of para-hydroxylation sites is 1. The Labute approximate surface area is 188 Å². The fraction of sp³-hybridized carbons (Fsp3) is 0.214. The first-order valence-corrected chi connectivity index (χ1v) is 11.5. The largest absolute Gasteiger partial charge is 0.307 e. The Balaban J connectivity index is 1.30. The molecule has 0 bridgehead atoms. The molecule has 0 N–H and O–H groups in total. The molecule has 4 heterocycles. The summed E-state index contributed by atoms with van der Waals surface area (Å²) in [7, 11) is 0. The topological polar surface area (TPSA) is 33.4 Å². The van der Waals surface area contributed by atoms with Crippen molar-refractivity contribution in [3.8, 4) is 22.3 Å². The van der Waals surface area contributed by atoms with Crippen LogP contribution < -0.4 is 0 Å². The van der Waals surface area contributed by atoms with Gasteiger partial charge in [-0.05, 0) is 60.8 Å². The number of fused-ring (bicyclic) bond motifs is 2. The molecule has 32 heavy (non-hydrogen) atoms. The van der Waals surface area contributed by atoms with Gasteiger partial charge in [0.25, 0.3) is 0 Å². The van der Waals surface area contributed by atoms with Gasteiger partial charge in [-0.3, -0.25) is 9.88 Å². The average Bonchev–Trinajstić information content (AvgIpc) is 3.28. The van der Waals surface area contributed by atoms with E-state index < -0.39 is 0 Å². The molecule has 6 rings (SSSR count). The molecular formula is C28H26N4. The monoisotopic (exact) mass is 418 g/mol. The van der Waals surface area contributed by atoms with E-state index in [-0.39, 0.29) is 0 Å². The molecule has 5 aromatic rings.